The molecule has 2 aromatic rings. The van der Waals surface area contributed by atoms with Crippen molar-refractivity contribution in [3.63, 3.8) is 0 Å². The fourth-order valence-corrected chi connectivity index (χ4v) is 4.10. The van der Waals surface area contributed by atoms with Gasteiger partial charge >= 0.3 is 6.09 Å². The summed E-state index contributed by atoms with van der Waals surface area (Å²) in [6.07, 6.45) is 2.75. The summed E-state index contributed by atoms with van der Waals surface area (Å²) in [6.45, 7) is 3.24. The topological polar surface area (TPSA) is 83.8 Å². The van der Waals surface area contributed by atoms with E-state index in [2.05, 4.69) is 16.3 Å². The Kier molecular flexibility index (Phi) is 6.28. The molecule has 162 valence electrons. The average Bonchev–Trinajstić information content (AvgIpc) is 3.55. The lowest BCUT2D eigenvalue weighted by Crippen LogP contribution is -2.28. The van der Waals surface area contributed by atoms with E-state index in [4.69, 9.17) is 14.5 Å². The maximum Gasteiger partial charge on any atom is 0.411 e. The van der Waals surface area contributed by atoms with Crippen LogP contribution in [0.5, 0.6) is 5.75 Å². The smallest absolute Gasteiger partial charge is 0.411 e. The third-order valence-corrected chi connectivity index (χ3v) is 5.70. The van der Waals surface area contributed by atoms with Gasteiger partial charge in [-0.2, -0.15) is 10.1 Å². The van der Waals surface area contributed by atoms with Crippen molar-refractivity contribution in [1.29, 1.82) is 5.26 Å². The van der Waals surface area contributed by atoms with E-state index >= 15 is 0 Å². The SMILES string of the molecule is CCCOC(=O)Nc1ccc(C2C(C#N)c3ccc(OOC)cc3N2CC2CC2)cc1. The van der Waals surface area contributed by atoms with Gasteiger partial charge in [0, 0.05) is 24.0 Å². The maximum absolute atomic E-state index is 11.8. The second-order valence-corrected chi connectivity index (χ2v) is 8.00. The van der Waals surface area contributed by atoms with E-state index in [1.807, 2.05) is 49.4 Å². The minimum Gasteiger partial charge on any atom is -0.449 e. The van der Waals surface area contributed by atoms with E-state index in [0.717, 1.165) is 29.8 Å². The van der Waals surface area contributed by atoms with E-state index in [1.165, 1.54) is 20.0 Å². The number of benzene rings is 2. The highest BCUT2D eigenvalue weighted by atomic mass is 17.2. The zero-order valence-electron chi connectivity index (χ0n) is 17.8. The number of anilines is 2. The van der Waals surface area contributed by atoms with Crippen molar-refractivity contribution in [3.8, 4) is 11.8 Å². The van der Waals surface area contributed by atoms with Gasteiger partial charge in [0.1, 0.15) is 0 Å². The third kappa shape index (κ3) is 4.59. The van der Waals surface area contributed by atoms with Crippen LogP contribution in [0.4, 0.5) is 16.2 Å². The Morgan fingerprint density at radius 1 is 1.23 bits per heavy atom. The molecular weight excluding hydrogens is 394 g/mol. The van der Waals surface area contributed by atoms with Gasteiger partial charge in [-0.05, 0) is 54.5 Å². The quantitative estimate of drug-likeness (QED) is 0.468. The molecule has 31 heavy (non-hydrogen) atoms. The standard InChI is InChI=1S/C24H27N3O4/c1-3-12-30-24(28)26-18-8-6-17(7-9-18)23-21(14-25)20-11-10-19(31-29-2)13-22(20)27(23)15-16-4-5-16/h6-11,13,16,21,23H,3-5,12,15H2,1-2H3,(H,26,28). The van der Waals surface area contributed by atoms with Crippen LogP contribution in [0.15, 0.2) is 42.5 Å². The fourth-order valence-electron chi connectivity index (χ4n) is 4.10. The number of carbonyl (C=O) groups excluding carboxylic acids is 1. The van der Waals surface area contributed by atoms with Crippen molar-refractivity contribution in [2.75, 3.05) is 30.5 Å². The molecule has 4 rings (SSSR count). The van der Waals surface area contributed by atoms with Crippen LogP contribution in [0.2, 0.25) is 0 Å². The van der Waals surface area contributed by atoms with E-state index in [0.29, 0.717) is 24.0 Å². The number of nitrogens with one attached hydrogen (secondary N) is 1. The Bertz CT molecular complexity index is 966. The van der Waals surface area contributed by atoms with Crippen LogP contribution in [0.3, 0.4) is 0 Å². The first kappa shape index (κ1) is 21.0. The molecule has 7 heteroatoms. The molecule has 2 aromatic carbocycles. The Morgan fingerprint density at radius 3 is 2.65 bits per heavy atom. The second kappa shape index (κ2) is 9.27. The molecule has 1 aliphatic carbocycles. The molecule has 2 aliphatic rings. The Hall–Kier alpha value is -3.24. The second-order valence-electron chi connectivity index (χ2n) is 8.00. The Morgan fingerprint density at radius 2 is 2.00 bits per heavy atom. The van der Waals surface area contributed by atoms with Crippen molar-refractivity contribution in [2.24, 2.45) is 5.92 Å². The molecule has 7 nitrogen and oxygen atoms in total. The minimum absolute atomic E-state index is 0.0977. The van der Waals surface area contributed by atoms with E-state index in [9.17, 15) is 10.1 Å². The van der Waals surface area contributed by atoms with Gasteiger partial charge in [0.05, 0.1) is 31.7 Å². The van der Waals surface area contributed by atoms with Crippen LogP contribution in [0.1, 0.15) is 49.3 Å². The van der Waals surface area contributed by atoms with Crippen LogP contribution < -0.4 is 15.1 Å². The summed E-state index contributed by atoms with van der Waals surface area (Å²) in [5.41, 5.74) is 3.72. The van der Waals surface area contributed by atoms with Crippen LogP contribution in [-0.4, -0.2) is 26.4 Å². The van der Waals surface area contributed by atoms with Crippen LogP contribution in [0.25, 0.3) is 0 Å². The lowest BCUT2D eigenvalue weighted by atomic mass is 9.91. The highest BCUT2D eigenvalue weighted by Crippen LogP contribution is 2.51. The zero-order chi connectivity index (χ0) is 21.8. The van der Waals surface area contributed by atoms with Gasteiger partial charge in [-0.25, -0.2) is 4.79 Å². The molecule has 1 saturated carbocycles. The summed E-state index contributed by atoms with van der Waals surface area (Å²) < 4.78 is 5.08. The highest BCUT2D eigenvalue weighted by molar-refractivity contribution is 5.84. The lowest BCUT2D eigenvalue weighted by Gasteiger charge is -2.29. The Balaban J connectivity index is 1.61. The molecular formula is C24H27N3O4. The monoisotopic (exact) mass is 421 g/mol. The molecule has 0 spiro atoms. The molecule has 0 saturated heterocycles. The first-order chi connectivity index (χ1) is 15.1. The molecule has 2 unspecified atom stereocenters. The largest absolute Gasteiger partial charge is 0.449 e. The van der Waals surface area contributed by atoms with E-state index in [-0.39, 0.29) is 12.0 Å². The first-order valence-electron chi connectivity index (χ1n) is 10.7. The van der Waals surface area contributed by atoms with Gasteiger partial charge in [0.15, 0.2) is 5.75 Å². The first-order valence-corrected chi connectivity index (χ1v) is 10.7. The van der Waals surface area contributed by atoms with Crippen LogP contribution in [-0.2, 0) is 9.62 Å². The van der Waals surface area contributed by atoms with E-state index < -0.39 is 6.09 Å². The van der Waals surface area contributed by atoms with Crippen molar-refractivity contribution >= 4 is 17.5 Å². The zero-order valence-corrected chi connectivity index (χ0v) is 17.8. The lowest BCUT2D eigenvalue weighted by molar-refractivity contribution is -0.178. The number of nitrogens with zero attached hydrogens (tertiary/aromatic N) is 2. The molecule has 1 amide bonds. The fraction of sp³-hybridized carbons (Fsp3) is 0.417. The molecule has 1 heterocycles. The maximum atomic E-state index is 11.8. The number of fused-ring (bicyclic) bond motifs is 1. The number of nitriles is 1. The summed E-state index contributed by atoms with van der Waals surface area (Å²) >= 11 is 0. The van der Waals surface area contributed by atoms with Crippen molar-refractivity contribution in [1.82, 2.24) is 0 Å². The summed E-state index contributed by atoms with van der Waals surface area (Å²) in [4.78, 5) is 24.2. The predicted molar refractivity (Wildman–Crippen MR) is 117 cm³/mol. The number of ether oxygens (including phenoxy) is 1. The highest BCUT2D eigenvalue weighted by Gasteiger charge is 2.42. The van der Waals surface area contributed by atoms with E-state index in [1.54, 1.807) is 0 Å². The summed E-state index contributed by atoms with van der Waals surface area (Å²) in [7, 11) is 1.48. The van der Waals surface area contributed by atoms with Gasteiger partial charge in [-0.15, -0.1) is 0 Å². The van der Waals surface area contributed by atoms with Gasteiger partial charge in [-0.1, -0.05) is 25.1 Å². The molecule has 1 fully saturated rings. The molecule has 0 bridgehead atoms. The average molecular weight is 421 g/mol. The molecule has 1 aliphatic heterocycles. The minimum atomic E-state index is -0.459. The van der Waals surface area contributed by atoms with Gasteiger partial charge in [-0.3, -0.25) is 5.32 Å². The van der Waals surface area contributed by atoms with Gasteiger partial charge in [0.25, 0.3) is 0 Å². The summed E-state index contributed by atoms with van der Waals surface area (Å²) in [5, 5.41) is 12.8. The number of carbonyl (C=O) groups is 1. The predicted octanol–water partition coefficient (Wildman–Crippen LogP) is 5.16. The van der Waals surface area contributed by atoms with Crippen LogP contribution >= 0.6 is 0 Å². The normalized spacial score (nSPS) is 19.5. The molecule has 2 atom stereocenters. The van der Waals surface area contributed by atoms with Crippen molar-refractivity contribution in [2.45, 2.75) is 38.1 Å². The van der Waals surface area contributed by atoms with Crippen molar-refractivity contribution in [3.05, 3.63) is 53.6 Å². The summed E-state index contributed by atoms with van der Waals surface area (Å²) in [5.74, 6) is 0.970. The van der Waals surface area contributed by atoms with Crippen molar-refractivity contribution < 1.29 is 19.3 Å². The number of rotatable bonds is 8. The third-order valence-electron chi connectivity index (χ3n) is 5.70. The van der Waals surface area contributed by atoms with Crippen LogP contribution in [0, 0.1) is 17.2 Å². The molecule has 0 aromatic heterocycles. The number of amides is 1. The van der Waals surface area contributed by atoms with Gasteiger partial charge < -0.3 is 14.5 Å². The van der Waals surface area contributed by atoms with Gasteiger partial charge in [0.2, 0.25) is 0 Å². The summed E-state index contributed by atoms with van der Waals surface area (Å²) in [6, 6.07) is 15.8. The molecule has 1 N–H and O–H groups in total. The number of hydrogen-bond donors (Lipinski definition) is 1. The molecule has 0 radical (unpaired) electrons. The number of hydrogen-bond acceptors (Lipinski definition) is 6. The Labute approximate surface area is 182 Å².